The maximum absolute atomic E-state index is 3.75. The first-order valence-corrected chi connectivity index (χ1v) is 7.99. The van der Waals surface area contributed by atoms with E-state index in [1.807, 2.05) is 0 Å². The molecule has 0 bridgehead atoms. The van der Waals surface area contributed by atoms with Crippen molar-refractivity contribution in [2.45, 2.75) is 71.5 Å². The highest BCUT2D eigenvalue weighted by Gasteiger charge is 2.40. The number of nitrogens with one attached hydrogen (secondary N) is 1. The second-order valence-electron chi connectivity index (χ2n) is 6.95. The summed E-state index contributed by atoms with van der Waals surface area (Å²) >= 11 is 0. The van der Waals surface area contributed by atoms with Crippen molar-refractivity contribution in [3.8, 4) is 0 Å². The summed E-state index contributed by atoms with van der Waals surface area (Å²) in [5.41, 5.74) is 0. The van der Waals surface area contributed by atoms with Crippen LogP contribution in [0, 0.1) is 17.8 Å². The Bertz CT molecular complexity index is 260. The fourth-order valence-electron chi connectivity index (χ4n) is 4.17. The Morgan fingerprint density at radius 1 is 1.22 bits per heavy atom. The van der Waals surface area contributed by atoms with E-state index >= 15 is 0 Å². The van der Waals surface area contributed by atoms with Crippen molar-refractivity contribution in [2.24, 2.45) is 17.8 Å². The number of likely N-dealkylation sites (N-methyl/N-ethyl adjacent to an activating group) is 2. The minimum atomic E-state index is 0.694. The molecule has 5 atom stereocenters. The van der Waals surface area contributed by atoms with Gasteiger partial charge in [0.1, 0.15) is 0 Å². The van der Waals surface area contributed by atoms with E-state index in [9.17, 15) is 0 Å². The van der Waals surface area contributed by atoms with Crippen LogP contribution in [0.4, 0.5) is 0 Å². The topological polar surface area (TPSA) is 15.3 Å². The second-order valence-corrected chi connectivity index (χ2v) is 6.95. The highest BCUT2D eigenvalue weighted by molar-refractivity contribution is 4.96. The summed E-state index contributed by atoms with van der Waals surface area (Å²) in [7, 11) is 2.37. The van der Waals surface area contributed by atoms with Crippen molar-refractivity contribution >= 4 is 0 Å². The molecular formula is C16H32N2. The highest BCUT2D eigenvalue weighted by atomic mass is 15.2. The molecule has 1 N–H and O–H groups in total. The van der Waals surface area contributed by atoms with Crippen LogP contribution < -0.4 is 5.32 Å². The Labute approximate surface area is 114 Å². The number of rotatable bonds is 5. The third-order valence-corrected chi connectivity index (χ3v) is 5.31. The Morgan fingerprint density at radius 3 is 2.44 bits per heavy atom. The van der Waals surface area contributed by atoms with Crippen molar-refractivity contribution in [1.29, 1.82) is 0 Å². The monoisotopic (exact) mass is 252 g/mol. The molecule has 2 heteroatoms. The van der Waals surface area contributed by atoms with E-state index in [4.69, 9.17) is 0 Å². The number of nitrogens with zero attached hydrogens (tertiary/aromatic N) is 1. The molecule has 0 amide bonds. The van der Waals surface area contributed by atoms with E-state index in [1.165, 1.54) is 25.7 Å². The molecule has 0 aliphatic heterocycles. The zero-order valence-electron chi connectivity index (χ0n) is 12.9. The number of hydrogen-bond acceptors (Lipinski definition) is 2. The minimum absolute atomic E-state index is 0.694. The first-order chi connectivity index (χ1) is 8.54. The second kappa shape index (κ2) is 5.92. The van der Waals surface area contributed by atoms with Crippen LogP contribution in [0.25, 0.3) is 0 Å². The molecule has 2 aliphatic carbocycles. The molecule has 18 heavy (non-hydrogen) atoms. The van der Waals surface area contributed by atoms with Gasteiger partial charge in [-0.1, -0.05) is 20.8 Å². The van der Waals surface area contributed by atoms with Gasteiger partial charge in [0.15, 0.2) is 0 Å². The quantitative estimate of drug-likeness (QED) is 0.809. The smallest absolute Gasteiger partial charge is 0.0274 e. The van der Waals surface area contributed by atoms with Crippen LogP contribution in [-0.4, -0.2) is 36.6 Å². The van der Waals surface area contributed by atoms with E-state index in [1.54, 1.807) is 0 Å². The third-order valence-electron chi connectivity index (χ3n) is 5.31. The van der Waals surface area contributed by atoms with E-state index in [2.05, 4.69) is 45.0 Å². The summed E-state index contributed by atoms with van der Waals surface area (Å²) in [5, 5.41) is 3.75. The summed E-state index contributed by atoms with van der Waals surface area (Å²) in [6.07, 6.45) is 5.66. The molecule has 2 aliphatic rings. The van der Waals surface area contributed by atoms with E-state index in [0.717, 1.165) is 36.4 Å². The first kappa shape index (κ1) is 14.3. The SMILES string of the molecule is CCNC1CC(C)CC(C)C1N(C)C(C)C1CC1. The van der Waals surface area contributed by atoms with E-state index < -0.39 is 0 Å². The molecule has 0 heterocycles. The Morgan fingerprint density at radius 2 is 1.89 bits per heavy atom. The lowest BCUT2D eigenvalue weighted by Gasteiger charge is -2.47. The van der Waals surface area contributed by atoms with Gasteiger partial charge in [0.05, 0.1) is 0 Å². The minimum Gasteiger partial charge on any atom is -0.313 e. The van der Waals surface area contributed by atoms with Gasteiger partial charge in [-0.2, -0.15) is 0 Å². The van der Waals surface area contributed by atoms with Crippen molar-refractivity contribution in [1.82, 2.24) is 10.2 Å². The third kappa shape index (κ3) is 3.08. The molecular weight excluding hydrogens is 220 g/mol. The lowest BCUT2D eigenvalue weighted by Crippen LogP contribution is -2.57. The first-order valence-electron chi connectivity index (χ1n) is 7.99. The largest absolute Gasteiger partial charge is 0.313 e. The predicted octanol–water partition coefficient (Wildman–Crippen LogP) is 3.13. The van der Waals surface area contributed by atoms with Crippen LogP contribution >= 0.6 is 0 Å². The van der Waals surface area contributed by atoms with Crippen LogP contribution in [0.1, 0.15) is 53.4 Å². The molecule has 2 fully saturated rings. The highest BCUT2D eigenvalue weighted by Crippen LogP contribution is 2.39. The van der Waals surface area contributed by atoms with Gasteiger partial charge in [0.25, 0.3) is 0 Å². The summed E-state index contributed by atoms with van der Waals surface area (Å²) in [6.45, 7) is 10.7. The van der Waals surface area contributed by atoms with E-state index in [-0.39, 0.29) is 0 Å². The Kier molecular flexibility index (Phi) is 4.71. The van der Waals surface area contributed by atoms with Crippen molar-refractivity contribution in [3.05, 3.63) is 0 Å². The molecule has 0 aromatic carbocycles. The standard InChI is InChI=1S/C16H32N2/c1-6-17-15-10-11(2)9-12(3)16(15)18(5)13(4)14-7-8-14/h11-17H,6-10H2,1-5H3. The molecule has 0 aromatic heterocycles. The Balaban J connectivity index is 2.04. The van der Waals surface area contributed by atoms with Gasteiger partial charge < -0.3 is 5.32 Å². The summed E-state index contributed by atoms with van der Waals surface area (Å²) in [4.78, 5) is 2.70. The molecule has 5 unspecified atom stereocenters. The lowest BCUT2D eigenvalue weighted by atomic mass is 9.75. The molecule has 2 saturated carbocycles. The van der Waals surface area contributed by atoms with Gasteiger partial charge in [-0.25, -0.2) is 0 Å². The van der Waals surface area contributed by atoms with Gasteiger partial charge in [-0.05, 0) is 64.0 Å². The summed E-state index contributed by atoms with van der Waals surface area (Å²) in [5.74, 6) is 2.68. The zero-order valence-corrected chi connectivity index (χ0v) is 12.9. The molecule has 2 nitrogen and oxygen atoms in total. The molecule has 2 rings (SSSR count). The Hall–Kier alpha value is -0.0800. The molecule has 0 radical (unpaired) electrons. The van der Waals surface area contributed by atoms with Crippen LogP contribution in [0.15, 0.2) is 0 Å². The average molecular weight is 252 g/mol. The van der Waals surface area contributed by atoms with Crippen LogP contribution in [0.3, 0.4) is 0 Å². The van der Waals surface area contributed by atoms with Gasteiger partial charge >= 0.3 is 0 Å². The summed E-state index contributed by atoms with van der Waals surface area (Å²) < 4.78 is 0. The normalized spacial score (nSPS) is 39.0. The molecule has 0 saturated heterocycles. The van der Waals surface area contributed by atoms with Gasteiger partial charge in [0, 0.05) is 18.1 Å². The van der Waals surface area contributed by atoms with Crippen molar-refractivity contribution < 1.29 is 0 Å². The van der Waals surface area contributed by atoms with Crippen LogP contribution in [-0.2, 0) is 0 Å². The van der Waals surface area contributed by atoms with Gasteiger partial charge in [-0.3, -0.25) is 4.90 Å². The zero-order chi connectivity index (χ0) is 13.3. The fraction of sp³-hybridized carbons (Fsp3) is 1.00. The van der Waals surface area contributed by atoms with Crippen LogP contribution in [0.5, 0.6) is 0 Å². The van der Waals surface area contributed by atoms with Crippen molar-refractivity contribution in [2.75, 3.05) is 13.6 Å². The fourth-order valence-corrected chi connectivity index (χ4v) is 4.17. The van der Waals surface area contributed by atoms with Crippen molar-refractivity contribution in [3.63, 3.8) is 0 Å². The average Bonchev–Trinajstić information content (AvgIpc) is 3.11. The van der Waals surface area contributed by atoms with E-state index in [0.29, 0.717) is 6.04 Å². The van der Waals surface area contributed by atoms with Gasteiger partial charge in [-0.15, -0.1) is 0 Å². The van der Waals surface area contributed by atoms with Crippen LogP contribution in [0.2, 0.25) is 0 Å². The molecule has 0 aromatic rings. The lowest BCUT2D eigenvalue weighted by molar-refractivity contribution is 0.0495. The number of hydrogen-bond donors (Lipinski definition) is 1. The van der Waals surface area contributed by atoms with Gasteiger partial charge in [0.2, 0.25) is 0 Å². The molecule has 106 valence electrons. The maximum Gasteiger partial charge on any atom is 0.0274 e. The molecule has 0 spiro atoms. The maximum atomic E-state index is 3.75. The summed E-state index contributed by atoms with van der Waals surface area (Å²) in [6, 6.07) is 2.20. The predicted molar refractivity (Wildman–Crippen MR) is 78.8 cm³/mol.